The van der Waals surface area contributed by atoms with Crippen molar-refractivity contribution in [3.05, 3.63) is 48.0 Å². The summed E-state index contributed by atoms with van der Waals surface area (Å²) in [5.74, 6) is 0.0520. The molecule has 0 aliphatic rings. The Kier molecular flexibility index (Phi) is 3.50. The van der Waals surface area contributed by atoms with Gasteiger partial charge in [0, 0.05) is 18.5 Å². The summed E-state index contributed by atoms with van der Waals surface area (Å²) >= 11 is 0. The predicted molar refractivity (Wildman–Crippen MR) is 67.0 cm³/mol. The van der Waals surface area contributed by atoms with Crippen LogP contribution in [0.25, 0.3) is 10.8 Å². The summed E-state index contributed by atoms with van der Waals surface area (Å²) in [5.41, 5.74) is 0.718. The van der Waals surface area contributed by atoms with Gasteiger partial charge in [-0.15, -0.1) is 0 Å². The van der Waals surface area contributed by atoms with E-state index < -0.39 is 0 Å². The minimum absolute atomic E-state index is 0.0520. The smallest absolute Gasteiger partial charge is 0.207 e. The van der Waals surface area contributed by atoms with E-state index in [2.05, 4.69) is 5.32 Å². The molecule has 0 atom stereocenters. The van der Waals surface area contributed by atoms with Gasteiger partial charge >= 0.3 is 0 Å². The molecule has 0 aromatic heterocycles. The lowest BCUT2D eigenvalue weighted by molar-refractivity contribution is -0.109. The molecule has 2 rings (SSSR count). The normalized spacial score (nSPS) is 10.1. The van der Waals surface area contributed by atoms with Crippen molar-refractivity contribution in [3.8, 4) is 0 Å². The molecule has 0 unspecified atom stereocenters. The lowest BCUT2D eigenvalue weighted by atomic mass is 10.00. The maximum Gasteiger partial charge on any atom is 0.207 e. The molecule has 0 heterocycles. The van der Waals surface area contributed by atoms with Crippen molar-refractivity contribution in [2.45, 2.75) is 6.42 Å². The molecule has 2 aromatic carbocycles. The van der Waals surface area contributed by atoms with Crippen LogP contribution in [0.5, 0.6) is 0 Å². The quantitative estimate of drug-likeness (QED) is 0.483. The third-order valence-corrected chi connectivity index (χ3v) is 2.67. The van der Waals surface area contributed by atoms with Crippen molar-refractivity contribution in [3.63, 3.8) is 0 Å². The van der Waals surface area contributed by atoms with Gasteiger partial charge in [0.2, 0.25) is 6.41 Å². The number of rotatable bonds is 5. The zero-order valence-electron chi connectivity index (χ0n) is 9.35. The third-order valence-electron chi connectivity index (χ3n) is 2.67. The fourth-order valence-corrected chi connectivity index (χ4v) is 1.85. The molecule has 0 radical (unpaired) electrons. The first-order chi connectivity index (χ1) is 8.33. The minimum Gasteiger partial charge on any atom is -0.358 e. The largest absolute Gasteiger partial charge is 0.358 e. The molecule has 86 valence electrons. The number of hydrogen-bond acceptors (Lipinski definition) is 2. The Morgan fingerprint density at radius 2 is 1.88 bits per heavy atom. The summed E-state index contributed by atoms with van der Waals surface area (Å²) in [7, 11) is 0. The molecule has 0 aliphatic heterocycles. The van der Waals surface area contributed by atoms with Crippen LogP contribution in [0.3, 0.4) is 0 Å². The molecule has 3 nitrogen and oxygen atoms in total. The van der Waals surface area contributed by atoms with Crippen LogP contribution in [0.4, 0.5) is 0 Å². The highest BCUT2D eigenvalue weighted by Gasteiger charge is 2.08. The molecule has 0 bridgehead atoms. The number of amides is 1. The lowest BCUT2D eigenvalue weighted by Crippen LogP contribution is -2.16. The highest BCUT2D eigenvalue weighted by Crippen LogP contribution is 2.19. The molecule has 2 aromatic rings. The molecular weight excluding hydrogens is 214 g/mol. The van der Waals surface area contributed by atoms with E-state index in [0.29, 0.717) is 19.4 Å². The van der Waals surface area contributed by atoms with Crippen LogP contribution in [0.15, 0.2) is 42.5 Å². The van der Waals surface area contributed by atoms with E-state index in [4.69, 9.17) is 0 Å². The van der Waals surface area contributed by atoms with Crippen molar-refractivity contribution in [1.82, 2.24) is 5.32 Å². The molecular formula is C14H13NO2. The van der Waals surface area contributed by atoms with Gasteiger partial charge < -0.3 is 5.32 Å². The van der Waals surface area contributed by atoms with Crippen molar-refractivity contribution >= 4 is 23.0 Å². The van der Waals surface area contributed by atoms with E-state index in [1.165, 1.54) is 0 Å². The van der Waals surface area contributed by atoms with E-state index in [-0.39, 0.29) is 5.78 Å². The fourth-order valence-electron chi connectivity index (χ4n) is 1.85. The summed E-state index contributed by atoms with van der Waals surface area (Å²) in [4.78, 5) is 22.1. The van der Waals surface area contributed by atoms with Crippen molar-refractivity contribution in [1.29, 1.82) is 0 Å². The summed E-state index contributed by atoms with van der Waals surface area (Å²) in [6.07, 6.45) is 0.934. The van der Waals surface area contributed by atoms with Crippen LogP contribution >= 0.6 is 0 Å². The van der Waals surface area contributed by atoms with Gasteiger partial charge in [-0.25, -0.2) is 0 Å². The van der Waals surface area contributed by atoms with E-state index in [0.717, 1.165) is 16.3 Å². The maximum atomic E-state index is 12.0. The predicted octanol–water partition coefficient (Wildman–Crippen LogP) is 2.16. The second-order valence-corrected chi connectivity index (χ2v) is 3.77. The zero-order chi connectivity index (χ0) is 12.1. The highest BCUT2D eigenvalue weighted by atomic mass is 16.1. The Labute approximate surface area is 99.4 Å². The summed E-state index contributed by atoms with van der Waals surface area (Å²) < 4.78 is 0. The Morgan fingerprint density at radius 1 is 1.12 bits per heavy atom. The van der Waals surface area contributed by atoms with Gasteiger partial charge in [0.25, 0.3) is 0 Å². The minimum atomic E-state index is 0.0520. The van der Waals surface area contributed by atoms with Gasteiger partial charge in [-0.2, -0.15) is 0 Å². The number of ketones is 1. The summed E-state index contributed by atoms with van der Waals surface area (Å²) in [5, 5.41) is 4.52. The molecule has 0 saturated carbocycles. The average molecular weight is 227 g/mol. The Bertz CT molecular complexity index is 543. The SMILES string of the molecule is O=CNCCC(=O)c1cccc2ccccc12. The molecule has 0 saturated heterocycles. The monoisotopic (exact) mass is 227 g/mol. The molecule has 1 N–H and O–H groups in total. The van der Waals surface area contributed by atoms with E-state index in [1.807, 2.05) is 42.5 Å². The Morgan fingerprint density at radius 3 is 2.71 bits per heavy atom. The summed E-state index contributed by atoms with van der Waals surface area (Å²) in [6.45, 7) is 0.381. The second-order valence-electron chi connectivity index (χ2n) is 3.77. The van der Waals surface area contributed by atoms with E-state index in [1.54, 1.807) is 0 Å². The van der Waals surface area contributed by atoms with Crippen LogP contribution in [-0.2, 0) is 4.79 Å². The number of nitrogens with one attached hydrogen (secondary N) is 1. The van der Waals surface area contributed by atoms with Crippen molar-refractivity contribution in [2.24, 2.45) is 0 Å². The number of Topliss-reactive ketones (excluding diaryl/α,β-unsaturated/α-hetero) is 1. The van der Waals surface area contributed by atoms with Gasteiger partial charge in [0.1, 0.15) is 0 Å². The van der Waals surface area contributed by atoms with Crippen LogP contribution in [0.2, 0.25) is 0 Å². The first kappa shape index (κ1) is 11.3. The first-order valence-electron chi connectivity index (χ1n) is 5.51. The van der Waals surface area contributed by atoms with Crippen LogP contribution in [0, 0.1) is 0 Å². The number of carbonyl (C=O) groups is 2. The third kappa shape index (κ3) is 2.50. The van der Waals surface area contributed by atoms with Gasteiger partial charge in [-0.05, 0) is 10.8 Å². The van der Waals surface area contributed by atoms with Crippen LogP contribution in [-0.4, -0.2) is 18.7 Å². The van der Waals surface area contributed by atoms with E-state index in [9.17, 15) is 9.59 Å². The van der Waals surface area contributed by atoms with Crippen LogP contribution in [0.1, 0.15) is 16.8 Å². The molecule has 0 aliphatic carbocycles. The zero-order valence-corrected chi connectivity index (χ0v) is 9.35. The van der Waals surface area contributed by atoms with Gasteiger partial charge in [0.15, 0.2) is 5.78 Å². The first-order valence-corrected chi connectivity index (χ1v) is 5.51. The van der Waals surface area contributed by atoms with Crippen LogP contribution < -0.4 is 5.32 Å². The van der Waals surface area contributed by atoms with Gasteiger partial charge in [-0.3, -0.25) is 9.59 Å². The van der Waals surface area contributed by atoms with E-state index >= 15 is 0 Å². The maximum absolute atomic E-state index is 12.0. The topological polar surface area (TPSA) is 46.2 Å². The number of hydrogen-bond donors (Lipinski definition) is 1. The van der Waals surface area contributed by atoms with Gasteiger partial charge in [0.05, 0.1) is 0 Å². The lowest BCUT2D eigenvalue weighted by Gasteiger charge is -2.05. The molecule has 3 heteroatoms. The Balaban J connectivity index is 2.28. The van der Waals surface area contributed by atoms with Gasteiger partial charge in [-0.1, -0.05) is 42.5 Å². The highest BCUT2D eigenvalue weighted by molar-refractivity contribution is 6.08. The summed E-state index contributed by atoms with van der Waals surface area (Å²) in [6, 6.07) is 13.5. The molecule has 17 heavy (non-hydrogen) atoms. The molecule has 0 spiro atoms. The number of fused-ring (bicyclic) bond motifs is 1. The Hall–Kier alpha value is -2.16. The van der Waals surface area contributed by atoms with Crippen molar-refractivity contribution < 1.29 is 9.59 Å². The average Bonchev–Trinajstić information content (AvgIpc) is 2.38. The molecule has 0 fully saturated rings. The molecule has 1 amide bonds. The number of carbonyl (C=O) groups excluding carboxylic acids is 2. The fraction of sp³-hybridized carbons (Fsp3) is 0.143. The van der Waals surface area contributed by atoms with Crippen molar-refractivity contribution in [2.75, 3.05) is 6.54 Å². The standard InChI is InChI=1S/C14H13NO2/c16-10-15-9-8-14(17)13-7-3-5-11-4-1-2-6-12(11)13/h1-7,10H,8-9H2,(H,15,16). The second kappa shape index (κ2) is 5.25. The number of benzene rings is 2.